The highest BCUT2D eigenvalue weighted by Gasteiger charge is 2.28. The van der Waals surface area contributed by atoms with E-state index < -0.39 is 27.0 Å². The van der Waals surface area contributed by atoms with E-state index in [1.165, 1.54) is 36.4 Å². The molecule has 12 heteroatoms. The van der Waals surface area contributed by atoms with E-state index in [0.29, 0.717) is 12.8 Å². The monoisotopic (exact) mass is 465 g/mol. The molecule has 32 heavy (non-hydrogen) atoms. The van der Waals surface area contributed by atoms with Gasteiger partial charge in [0, 0.05) is 18.0 Å². The van der Waals surface area contributed by atoms with Crippen LogP contribution in [0, 0.1) is 10.1 Å². The van der Waals surface area contributed by atoms with E-state index in [0.717, 1.165) is 6.42 Å². The van der Waals surface area contributed by atoms with Crippen molar-refractivity contribution in [2.45, 2.75) is 43.5 Å². The Morgan fingerprint density at radius 3 is 2.53 bits per heavy atom. The molecule has 0 fully saturated rings. The van der Waals surface area contributed by atoms with Crippen molar-refractivity contribution in [1.82, 2.24) is 4.72 Å². The van der Waals surface area contributed by atoms with Crippen molar-refractivity contribution in [3.05, 3.63) is 46.5 Å². The number of carbonyl (C=O) groups excluding carboxylic acids is 1. The summed E-state index contributed by atoms with van der Waals surface area (Å²) in [6, 6.07) is 7.22. The zero-order chi connectivity index (χ0) is 23.7. The number of nitrogens with zero attached hydrogens (tertiary/aromatic N) is 2. The maximum atomic E-state index is 13.2. The lowest BCUT2D eigenvalue weighted by molar-refractivity contribution is -0.383. The minimum Gasteiger partial charge on any atom is -0.465 e. The smallest absolute Gasteiger partial charge is 0.324 e. The van der Waals surface area contributed by atoms with Gasteiger partial charge in [-0.2, -0.15) is 4.72 Å². The minimum absolute atomic E-state index is 0.103. The van der Waals surface area contributed by atoms with Crippen LogP contribution in [0.1, 0.15) is 32.6 Å². The zero-order valence-corrected chi connectivity index (χ0v) is 18.5. The Morgan fingerprint density at radius 2 is 1.88 bits per heavy atom. The van der Waals surface area contributed by atoms with Crippen molar-refractivity contribution in [2.75, 3.05) is 13.2 Å². The van der Waals surface area contributed by atoms with Gasteiger partial charge in [-0.05, 0) is 31.4 Å². The third-order valence-corrected chi connectivity index (χ3v) is 6.14. The molecule has 0 aliphatic heterocycles. The fourth-order valence-electron chi connectivity index (χ4n) is 3.06. The summed E-state index contributed by atoms with van der Waals surface area (Å²) in [6.45, 7) is 2.31. The van der Waals surface area contributed by atoms with Gasteiger partial charge in [-0.25, -0.2) is 8.42 Å². The Morgan fingerprint density at radius 1 is 1.19 bits per heavy atom. The van der Waals surface area contributed by atoms with E-state index in [-0.39, 0.29) is 46.9 Å². The van der Waals surface area contributed by atoms with Crippen molar-refractivity contribution in [1.29, 1.82) is 0 Å². The average Bonchev–Trinajstić information content (AvgIpc) is 2.74. The molecular formula is C20H27N5O6S. The number of nitro benzene ring substituents is 1. The maximum Gasteiger partial charge on any atom is 0.324 e. The Kier molecular flexibility index (Phi) is 8.91. The van der Waals surface area contributed by atoms with Crippen molar-refractivity contribution in [2.24, 2.45) is 16.5 Å². The number of fused-ring (bicyclic) bond motifs is 1. The lowest BCUT2D eigenvalue weighted by Gasteiger charge is -2.18. The van der Waals surface area contributed by atoms with E-state index in [2.05, 4.69) is 9.71 Å². The normalized spacial score (nSPS) is 12.3. The summed E-state index contributed by atoms with van der Waals surface area (Å²) in [6.07, 6.45) is 1.88. The summed E-state index contributed by atoms with van der Waals surface area (Å²) in [4.78, 5) is 26.9. The number of nitrogens with two attached hydrogens (primary N) is 2. The Balaban J connectivity index is 2.34. The minimum atomic E-state index is -4.22. The topological polar surface area (TPSA) is 180 Å². The van der Waals surface area contributed by atoms with Gasteiger partial charge in [0.15, 0.2) is 5.96 Å². The number of hydrogen-bond donors (Lipinski definition) is 3. The van der Waals surface area contributed by atoms with E-state index in [1.54, 1.807) is 0 Å². The number of nitro groups is 1. The number of sulfonamides is 1. The van der Waals surface area contributed by atoms with Crippen LogP contribution in [0.4, 0.5) is 5.69 Å². The molecule has 0 radical (unpaired) electrons. The number of aliphatic imine (C=N–C) groups is 1. The molecule has 5 N–H and O–H groups in total. The second-order valence-electron chi connectivity index (χ2n) is 7.03. The molecule has 0 bridgehead atoms. The molecule has 0 heterocycles. The summed E-state index contributed by atoms with van der Waals surface area (Å²) in [5.74, 6) is -0.817. The van der Waals surface area contributed by atoms with Gasteiger partial charge in [0.05, 0.1) is 21.8 Å². The third-order valence-electron chi connectivity index (χ3n) is 4.61. The molecule has 174 valence electrons. The molecule has 11 nitrogen and oxygen atoms in total. The fourth-order valence-corrected chi connectivity index (χ4v) is 4.50. The molecule has 0 aliphatic carbocycles. The number of esters is 1. The quantitative estimate of drug-likeness (QED) is 0.106. The number of unbranched alkanes of at least 4 members (excludes halogenated alkanes) is 1. The highest BCUT2D eigenvalue weighted by atomic mass is 32.2. The highest BCUT2D eigenvalue weighted by Crippen LogP contribution is 2.30. The fraction of sp³-hybridized carbons (Fsp3) is 0.400. The molecule has 1 atom stereocenters. The van der Waals surface area contributed by atoms with Crippen LogP contribution in [0.25, 0.3) is 10.8 Å². The van der Waals surface area contributed by atoms with Gasteiger partial charge >= 0.3 is 5.97 Å². The number of guanidine groups is 1. The van der Waals surface area contributed by atoms with Gasteiger partial charge < -0.3 is 16.2 Å². The number of rotatable bonds is 12. The zero-order valence-electron chi connectivity index (χ0n) is 17.7. The van der Waals surface area contributed by atoms with Crippen LogP contribution in [-0.2, 0) is 19.6 Å². The first-order chi connectivity index (χ1) is 15.2. The van der Waals surface area contributed by atoms with Crippen LogP contribution in [0.3, 0.4) is 0 Å². The first-order valence-electron chi connectivity index (χ1n) is 10.1. The van der Waals surface area contributed by atoms with Gasteiger partial charge in [0.1, 0.15) is 6.04 Å². The van der Waals surface area contributed by atoms with Crippen LogP contribution < -0.4 is 16.2 Å². The predicted octanol–water partition coefficient (Wildman–Crippen LogP) is 1.79. The number of hydrogen-bond acceptors (Lipinski definition) is 7. The average molecular weight is 466 g/mol. The van der Waals surface area contributed by atoms with E-state index in [1.807, 2.05) is 6.92 Å². The second-order valence-corrected chi connectivity index (χ2v) is 8.71. The Labute approximate surface area is 186 Å². The van der Waals surface area contributed by atoms with Crippen LogP contribution in [0.2, 0.25) is 0 Å². The number of carbonyl (C=O) groups is 1. The van der Waals surface area contributed by atoms with Crippen LogP contribution in [-0.4, -0.2) is 44.5 Å². The number of ether oxygens (including phenoxy) is 1. The largest absolute Gasteiger partial charge is 0.465 e. The van der Waals surface area contributed by atoms with Crippen molar-refractivity contribution in [3.8, 4) is 0 Å². The van der Waals surface area contributed by atoms with Crippen molar-refractivity contribution < 1.29 is 22.9 Å². The molecular weight excluding hydrogens is 438 g/mol. The number of benzene rings is 2. The van der Waals surface area contributed by atoms with Gasteiger partial charge in [-0.3, -0.25) is 19.9 Å². The van der Waals surface area contributed by atoms with Gasteiger partial charge in [0.2, 0.25) is 10.0 Å². The SMILES string of the molecule is CCCCOC(=O)[C@H](CCCN=C(N)N)NS(=O)(=O)c1cccc2c([N+](=O)[O-])cccc12. The molecule has 0 spiro atoms. The predicted molar refractivity (Wildman–Crippen MR) is 120 cm³/mol. The van der Waals surface area contributed by atoms with Gasteiger partial charge in [0.25, 0.3) is 5.69 Å². The molecule has 0 saturated carbocycles. The number of non-ortho nitro benzene ring substituents is 1. The molecule has 0 amide bonds. The lowest BCUT2D eigenvalue weighted by atomic mass is 10.1. The van der Waals surface area contributed by atoms with Gasteiger partial charge in [-0.15, -0.1) is 0 Å². The maximum absolute atomic E-state index is 13.2. The second kappa shape index (κ2) is 11.4. The molecule has 0 aromatic heterocycles. The third kappa shape index (κ3) is 6.62. The molecule has 2 aromatic rings. The van der Waals surface area contributed by atoms with E-state index >= 15 is 0 Å². The van der Waals surface area contributed by atoms with Gasteiger partial charge in [-0.1, -0.05) is 31.5 Å². The van der Waals surface area contributed by atoms with Crippen LogP contribution in [0.15, 0.2) is 46.3 Å². The summed E-state index contributed by atoms with van der Waals surface area (Å²) in [5, 5.41) is 11.7. The first-order valence-corrected chi connectivity index (χ1v) is 11.6. The van der Waals surface area contributed by atoms with Crippen LogP contribution >= 0.6 is 0 Å². The molecule has 2 aromatic carbocycles. The van der Waals surface area contributed by atoms with E-state index in [4.69, 9.17) is 16.2 Å². The molecule has 0 unspecified atom stereocenters. The summed E-state index contributed by atoms with van der Waals surface area (Å²) < 4.78 is 33.9. The van der Waals surface area contributed by atoms with Crippen LogP contribution in [0.5, 0.6) is 0 Å². The van der Waals surface area contributed by atoms with Crippen molar-refractivity contribution >= 4 is 38.4 Å². The summed E-state index contributed by atoms with van der Waals surface area (Å²) in [7, 11) is -4.22. The summed E-state index contributed by atoms with van der Waals surface area (Å²) in [5.41, 5.74) is 10.4. The summed E-state index contributed by atoms with van der Waals surface area (Å²) >= 11 is 0. The van der Waals surface area contributed by atoms with Crippen molar-refractivity contribution in [3.63, 3.8) is 0 Å². The van der Waals surface area contributed by atoms with E-state index in [9.17, 15) is 23.3 Å². The molecule has 0 saturated heterocycles. The lowest BCUT2D eigenvalue weighted by Crippen LogP contribution is -2.42. The Hall–Kier alpha value is -3.25. The molecule has 0 aliphatic rings. The standard InChI is InChI=1S/C20H27N5O6S/c1-2-3-13-31-19(26)16(9-6-12-23-20(21)22)24-32(29,30)18-11-5-7-14-15(18)8-4-10-17(14)25(27)28/h4-5,7-8,10-11,16,24H,2-3,6,9,12-13H2,1H3,(H4,21,22,23)/t16-/m0/s1. The highest BCUT2D eigenvalue weighted by molar-refractivity contribution is 7.89. The first kappa shape index (κ1) is 25.0. The Bertz CT molecular complexity index is 1100. The molecule has 2 rings (SSSR count). The number of nitrogens with one attached hydrogen (secondary N) is 1.